The second kappa shape index (κ2) is 7.97. The molecule has 1 unspecified atom stereocenters. The van der Waals surface area contributed by atoms with Crippen LogP contribution in [0.3, 0.4) is 0 Å². The number of para-hydroxylation sites is 1. The molecule has 1 aromatic rings. The molecule has 1 saturated carbocycles. The Morgan fingerprint density at radius 2 is 1.86 bits per heavy atom. The van der Waals surface area contributed by atoms with Gasteiger partial charge in [-0.2, -0.15) is 8.42 Å². The molecule has 4 nitrogen and oxygen atoms in total. The maximum absolute atomic E-state index is 11.1. The molecule has 0 radical (unpaired) electrons. The molecule has 1 aliphatic carbocycles. The van der Waals surface area contributed by atoms with Crippen molar-refractivity contribution in [3.05, 3.63) is 29.8 Å². The van der Waals surface area contributed by atoms with Crippen molar-refractivity contribution < 1.29 is 17.3 Å². The van der Waals surface area contributed by atoms with E-state index >= 15 is 0 Å². The van der Waals surface area contributed by atoms with E-state index in [2.05, 4.69) is 6.07 Å². The topological polar surface area (TPSA) is 52.6 Å². The molecule has 1 fully saturated rings. The Morgan fingerprint density at radius 1 is 1.18 bits per heavy atom. The van der Waals surface area contributed by atoms with Crippen molar-refractivity contribution in [3.63, 3.8) is 0 Å². The number of benzene rings is 1. The molecule has 0 aliphatic heterocycles. The van der Waals surface area contributed by atoms with Crippen molar-refractivity contribution in [2.75, 3.05) is 12.9 Å². The first-order valence-electron chi connectivity index (χ1n) is 8.03. The van der Waals surface area contributed by atoms with Gasteiger partial charge in [-0.25, -0.2) is 0 Å². The number of ether oxygens (including phenoxy) is 1. The van der Waals surface area contributed by atoms with Crippen molar-refractivity contribution in [2.24, 2.45) is 5.92 Å². The minimum absolute atomic E-state index is 0.231. The first-order valence-corrected chi connectivity index (χ1v) is 9.84. The number of hydrogen-bond donors (Lipinski definition) is 0. The van der Waals surface area contributed by atoms with E-state index in [0.717, 1.165) is 24.3 Å². The maximum atomic E-state index is 11.1. The van der Waals surface area contributed by atoms with Crippen molar-refractivity contribution in [1.29, 1.82) is 0 Å². The quantitative estimate of drug-likeness (QED) is 0.719. The normalized spacial score (nSPS) is 18.1. The Morgan fingerprint density at radius 3 is 2.55 bits per heavy atom. The highest BCUT2D eigenvalue weighted by Crippen LogP contribution is 2.30. The van der Waals surface area contributed by atoms with Crippen molar-refractivity contribution in [2.45, 2.75) is 51.6 Å². The van der Waals surface area contributed by atoms with Gasteiger partial charge in [-0.05, 0) is 30.9 Å². The Kier molecular flexibility index (Phi) is 6.26. The molecule has 0 aromatic heterocycles. The molecule has 0 spiro atoms. The van der Waals surface area contributed by atoms with Gasteiger partial charge in [-0.1, -0.05) is 50.3 Å². The van der Waals surface area contributed by atoms with Gasteiger partial charge in [-0.15, -0.1) is 0 Å². The molecule has 0 bridgehead atoms. The highest BCUT2D eigenvalue weighted by molar-refractivity contribution is 7.86. The van der Waals surface area contributed by atoms with E-state index in [4.69, 9.17) is 8.92 Å². The summed E-state index contributed by atoms with van der Waals surface area (Å²) in [6, 6.07) is 8.03. The molecule has 0 N–H and O–H groups in total. The predicted octanol–water partition coefficient (Wildman–Crippen LogP) is 3.55. The first-order chi connectivity index (χ1) is 10.4. The third kappa shape index (κ3) is 5.97. The van der Waals surface area contributed by atoms with E-state index in [1.54, 1.807) is 6.92 Å². The van der Waals surface area contributed by atoms with E-state index in [-0.39, 0.29) is 6.61 Å². The van der Waals surface area contributed by atoms with Crippen LogP contribution in [0.25, 0.3) is 0 Å². The van der Waals surface area contributed by atoms with E-state index < -0.39 is 16.2 Å². The van der Waals surface area contributed by atoms with Gasteiger partial charge in [0, 0.05) is 0 Å². The SMILES string of the molecule is CC(COc1ccccc1CC1CCCCC1)OS(C)(=O)=O. The molecule has 124 valence electrons. The fourth-order valence-corrected chi connectivity index (χ4v) is 3.70. The zero-order valence-corrected chi connectivity index (χ0v) is 14.3. The smallest absolute Gasteiger partial charge is 0.264 e. The van der Waals surface area contributed by atoms with Crippen molar-refractivity contribution >= 4 is 10.1 Å². The minimum atomic E-state index is -3.44. The Hall–Kier alpha value is -1.07. The summed E-state index contributed by atoms with van der Waals surface area (Å²) in [5, 5.41) is 0. The van der Waals surface area contributed by atoms with Gasteiger partial charge in [0.15, 0.2) is 0 Å². The highest BCUT2D eigenvalue weighted by atomic mass is 32.2. The standard InChI is InChI=1S/C17H26O4S/c1-14(21-22(2,18)19)13-20-17-11-7-6-10-16(17)12-15-8-4-3-5-9-15/h6-7,10-11,14-15H,3-5,8-9,12-13H2,1-2H3. The van der Waals surface area contributed by atoms with Crippen LogP contribution in [0.4, 0.5) is 0 Å². The van der Waals surface area contributed by atoms with Crippen LogP contribution in [0.1, 0.15) is 44.6 Å². The summed E-state index contributed by atoms with van der Waals surface area (Å²) in [6.45, 7) is 1.93. The summed E-state index contributed by atoms with van der Waals surface area (Å²) in [5.74, 6) is 1.58. The number of hydrogen-bond acceptors (Lipinski definition) is 4. The van der Waals surface area contributed by atoms with Crippen LogP contribution >= 0.6 is 0 Å². The van der Waals surface area contributed by atoms with E-state index in [1.165, 1.54) is 37.7 Å². The summed E-state index contributed by atoms with van der Waals surface area (Å²) in [4.78, 5) is 0. The molecule has 1 aliphatic rings. The third-order valence-corrected chi connectivity index (χ3v) is 4.70. The molecule has 5 heteroatoms. The van der Waals surface area contributed by atoms with Crippen molar-refractivity contribution in [3.8, 4) is 5.75 Å². The van der Waals surface area contributed by atoms with E-state index in [1.807, 2.05) is 18.2 Å². The van der Waals surface area contributed by atoms with Gasteiger partial charge in [0.1, 0.15) is 18.5 Å². The van der Waals surface area contributed by atoms with Crippen LogP contribution in [0, 0.1) is 5.92 Å². The molecule has 1 atom stereocenters. The summed E-state index contributed by atoms with van der Waals surface area (Å²) < 4.78 is 32.9. The van der Waals surface area contributed by atoms with Crippen molar-refractivity contribution in [1.82, 2.24) is 0 Å². The minimum Gasteiger partial charge on any atom is -0.491 e. The van der Waals surface area contributed by atoms with Crippen LogP contribution in [0.15, 0.2) is 24.3 Å². The average molecular weight is 326 g/mol. The highest BCUT2D eigenvalue weighted by Gasteiger charge is 2.17. The van der Waals surface area contributed by atoms with Crippen LogP contribution < -0.4 is 4.74 Å². The van der Waals surface area contributed by atoms with Gasteiger partial charge in [0.25, 0.3) is 10.1 Å². The Bertz CT molecular complexity index is 562. The average Bonchev–Trinajstić information content (AvgIpc) is 2.46. The largest absolute Gasteiger partial charge is 0.491 e. The Balaban J connectivity index is 1.93. The van der Waals surface area contributed by atoms with E-state index in [9.17, 15) is 8.42 Å². The lowest BCUT2D eigenvalue weighted by molar-refractivity contribution is 0.149. The van der Waals surface area contributed by atoms with Gasteiger partial charge in [0.2, 0.25) is 0 Å². The summed E-state index contributed by atoms with van der Waals surface area (Å²) >= 11 is 0. The molecule has 0 heterocycles. The summed E-state index contributed by atoms with van der Waals surface area (Å²) in [5.41, 5.74) is 1.21. The lowest BCUT2D eigenvalue weighted by Crippen LogP contribution is -2.22. The fraction of sp³-hybridized carbons (Fsp3) is 0.647. The van der Waals surface area contributed by atoms with Gasteiger partial charge < -0.3 is 4.74 Å². The second-order valence-electron chi connectivity index (χ2n) is 6.24. The van der Waals surface area contributed by atoms with Gasteiger partial charge >= 0.3 is 0 Å². The van der Waals surface area contributed by atoms with Crippen LogP contribution in [0.2, 0.25) is 0 Å². The first kappa shape index (κ1) is 17.3. The predicted molar refractivity (Wildman–Crippen MR) is 87.6 cm³/mol. The molecular formula is C17H26O4S. The fourth-order valence-electron chi connectivity index (χ4n) is 3.05. The lowest BCUT2D eigenvalue weighted by atomic mass is 9.85. The summed E-state index contributed by atoms with van der Waals surface area (Å²) in [7, 11) is -3.44. The monoisotopic (exact) mass is 326 g/mol. The number of rotatable bonds is 7. The van der Waals surface area contributed by atoms with Crippen LogP contribution in [-0.4, -0.2) is 27.4 Å². The molecule has 2 rings (SSSR count). The molecule has 0 saturated heterocycles. The molecule has 22 heavy (non-hydrogen) atoms. The molecular weight excluding hydrogens is 300 g/mol. The molecule has 0 amide bonds. The lowest BCUT2D eigenvalue weighted by Gasteiger charge is -2.23. The third-order valence-electron chi connectivity index (χ3n) is 4.02. The van der Waals surface area contributed by atoms with Crippen LogP contribution in [0.5, 0.6) is 5.75 Å². The van der Waals surface area contributed by atoms with Gasteiger partial charge in [0.05, 0.1) is 6.26 Å². The van der Waals surface area contributed by atoms with E-state index in [0.29, 0.717) is 0 Å². The zero-order valence-electron chi connectivity index (χ0n) is 13.5. The zero-order chi connectivity index (χ0) is 16.0. The maximum Gasteiger partial charge on any atom is 0.264 e. The Labute approximate surface area is 134 Å². The second-order valence-corrected chi connectivity index (χ2v) is 7.84. The van der Waals surface area contributed by atoms with Crippen LogP contribution in [-0.2, 0) is 20.7 Å². The van der Waals surface area contributed by atoms with Gasteiger partial charge in [-0.3, -0.25) is 4.18 Å². The summed E-state index contributed by atoms with van der Waals surface area (Å²) in [6.07, 6.45) is 8.20. The molecule has 1 aromatic carbocycles.